The van der Waals surface area contributed by atoms with Crippen molar-refractivity contribution in [3.63, 3.8) is 0 Å². The highest BCUT2D eigenvalue weighted by Gasteiger charge is 2.15. The normalized spacial score (nSPS) is 11.0. The van der Waals surface area contributed by atoms with Crippen LogP contribution in [0.4, 0.5) is 5.69 Å². The highest BCUT2D eigenvalue weighted by Crippen LogP contribution is 2.25. The number of hydrogen-bond acceptors (Lipinski definition) is 6. The molecule has 0 unspecified atom stereocenters. The monoisotopic (exact) mass is 424 g/mol. The van der Waals surface area contributed by atoms with Gasteiger partial charge < -0.3 is 5.32 Å². The van der Waals surface area contributed by atoms with Crippen LogP contribution in [-0.2, 0) is 4.79 Å². The molecule has 0 radical (unpaired) electrons. The van der Waals surface area contributed by atoms with Crippen molar-refractivity contribution in [3.8, 4) is 5.69 Å². The lowest BCUT2D eigenvalue weighted by Crippen LogP contribution is -2.14. The number of nitrogens with one attached hydrogen (secondary N) is 1. The summed E-state index contributed by atoms with van der Waals surface area (Å²) in [6, 6.07) is 13.2. The van der Waals surface area contributed by atoms with E-state index in [1.54, 1.807) is 16.8 Å². The van der Waals surface area contributed by atoms with Crippen LogP contribution in [0.5, 0.6) is 0 Å². The number of aryl methyl sites for hydroxylation is 2. The molecule has 0 aliphatic rings. The summed E-state index contributed by atoms with van der Waals surface area (Å²) in [5, 5.41) is 12.5. The van der Waals surface area contributed by atoms with Crippen LogP contribution in [0.2, 0.25) is 5.02 Å². The molecule has 2 aromatic carbocycles. The summed E-state index contributed by atoms with van der Waals surface area (Å²) in [4.78, 5) is 20.9. The van der Waals surface area contributed by atoms with Crippen LogP contribution in [0.3, 0.4) is 0 Å². The number of carbonyl (C=O) groups excluding carboxylic acids is 1. The summed E-state index contributed by atoms with van der Waals surface area (Å²) >= 11 is 7.36. The van der Waals surface area contributed by atoms with E-state index in [0.29, 0.717) is 21.2 Å². The topological polar surface area (TPSA) is 85.6 Å². The Bertz CT molecular complexity index is 1190. The van der Waals surface area contributed by atoms with Crippen molar-refractivity contribution in [2.45, 2.75) is 18.9 Å². The molecule has 0 saturated carbocycles. The van der Waals surface area contributed by atoms with Gasteiger partial charge in [0.05, 0.1) is 11.4 Å². The Morgan fingerprint density at radius 3 is 2.69 bits per heavy atom. The zero-order chi connectivity index (χ0) is 20.4. The molecule has 0 fully saturated rings. The quantitative estimate of drug-likeness (QED) is 0.381. The Morgan fingerprint density at radius 1 is 1.14 bits per heavy atom. The first-order valence-corrected chi connectivity index (χ1v) is 10.2. The van der Waals surface area contributed by atoms with Gasteiger partial charge in [-0.3, -0.25) is 4.79 Å². The molecular formula is C20H17ClN6OS. The van der Waals surface area contributed by atoms with Gasteiger partial charge in [0, 0.05) is 10.7 Å². The minimum atomic E-state index is -0.117. The molecule has 7 nitrogen and oxygen atoms in total. The molecule has 0 aliphatic heterocycles. The van der Waals surface area contributed by atoms with Crippen molar-refractivity contribution in [1.29, 1.82) is 0 Å². The lowest BCUT2D eigenvalue weighted by atomic mass is 10.1. The van der Waals surface area contributed by atoms with Crippen molar-refractivity contribution >= 4 is 46.1 Å². The van der Waals surface area contributed by atoms with E-state index < -0.39 is 0 Å². The highest BCUT2D eigenvalue weighted by molar-refractivity contribution is 8.00. The predicted molar refractivity (Wildman–Crippen MR) is 115 cm³/mol. The molecular weight excluding hydrogens is 408 g/mol. The van der Waals surface area contributed by atoms with Gasteiger partial charge in [0.15, 0.2) is 11.2 Å². The first kappa shape index (κ1) is 19.4. The second kappa shape index (κ2) is 8.18. The molecule has 1 N–H and O–H groups in total. The van der Waals surface area contributed by atoms with Crippen molar-refractivity contribution in [2.24, 2.45) is 0 Å². The molecule has 2 heterocycles. The number of thioether (sulfide) groups is 1. The summed E-state index contributed by atoms with van der Waals surface area (Å²) in [6.07, 6.45) is 1.44. The number of fused-ring (bicyclic) bond motifs is 1. The molecule has 4 aromatic rings. The van der Waals surface area contributed by atoms with E-state index in [-0.39, 0.29) is 11.7 Å². The zero-order valence-electron chi connectivity index (χ0n) is 15.8. The summed E-state index contributed by atoms with van der Waals surface area (Å²) in [7, 11) is 0. The van der Waals surface area contributed by atoms with Crippen molar-refractivity contribution < 1.29 is 4.79 Å². The van der Waals surface area contributed by atoms with Crippen LogP contribution in [0, 0.1) is 13.8 Å². The number of benzene rings is 2. The molecule has 0 atom stereocenters. The lowest BCUT2D eigenvalue weighted by molar-refractivity contribution is -0.113. The number of rotatable bonds is 5. The lowest BCUT2D eigenvalue weighted by Gasteiger charge is -2.07. The number of aromatic nitrogens is 5. The Hall–Kier alpha value is -2.97. The molecule has 9 heteroatoms. The number of halogens is 1. The number of hydrogen-bond donors (Lipinski definition) is 1. The third-order valence-electron chi connectivity index (χ3n) is 4.10. The van der Waals surface area contributed by atoms with Crippen molar-refractivity contribution in [1.82, 2.24) is 25.0 Å². The third kappa shape index (κ3) is 4.38. The van der Waals surface area contributed by atoms with Crippen molar-refractivity contribution in [2.75, 3.05) is 11.1 Å². The van der Waals surface area contributed by atoms with Gasteiger partial charge in [-0.25, -0.2) is 9.97 Å². The number of carbonyl (C=O) groups is 1. The average molecular weight is 425 g/mol. The van der Waals surface area contributed by atoms with Gasteiger partial charge in [-0.15, -0.1) is 5.10 Å². The first-order chi connectivity index (χ1) is 14.0. The van der Waals surface area contributed by atoms with Gasteiger partial charge in [0.2, 0.25) is 5.91 Å². The fourth-order valence-electron chi connectivity index (χ4n) is 2.99. The van der Waals surface area contributed by atoms with Crippen LogP contribution >= 0.6 is 23.4 Å². The van der Waals surface area contributed by atoms with E-state index in [2.05, 4.69) is 31.7 Å². The Morgan fingerprint density at radius 2 is 1.93 bits per heavy atom. The molecule has 29 heavy (non-hydrogen) atoms. The van der Waals surface area contributed by atoms with E-state index in [9.17, 15) is 4.79 Å². The Kier molecular flexibility index (Phi) is 5.46. The number of nitrogens with zero attached hydrogens (tertiary/aromatic N) is 5. The average Bonchev–Trinajstić information content (AvgIpc) is 3.10. The molecule has 0 spiro atoms. The van der Waals surface area contributed by atoms with Gasteiger partial charge in [-0.1, -0.05) is 40.7 Å². The summed E-state index contributed by atoms with van der Waals surface area (Å²) < 4.78 is 1.60. The van der Waals surface area contributed by atoms with Crippen LogP contribution in [0.25, 0.3) is 16.9 Å². The van der Waals surface area contributed by atoms with E-state index in [4.69, 9.17) is 11.6 Å². The van der Waals surface area contributed by atoms with Gasteiger partial charge in [-0.05, 0) is 55.3 Å². The summed E-state index contributed by atoms with van der Waals surface area (Å²) in [5.74, 6) is 0.0809. The summed E-state index contributed by atoms with van der Waals surface area (Å²) in [5.41, 5.74) is 4.83. The summed E-state index contributed by atoms with van der Waals surface area (Å²) in [6.45, 7) is 4.00. The largest absolute Gasteiger partial charge is 0.325 e. The van der Waals surface area contributed by atoms with E-state index >= 15 is 0 Å². The predicted octanol–water partition coefficient (Wildman–Crippen LogP) is 4.21. The standard InChI is InChI=1S/C20H17ClN6OS/c1-12-6-13(2)8-15(7-12)24-17(28)10-29-20-18-19(22-11-23-20)27(26-25-18)16-5-3-4-14(21)9-16/h3-9,11H,10H2,1-2H3,(H,24,28). The fourth-order valence-corrected chi connectivity index (χ4v) is 3.91. The van der Waals surface area contributed by atoms with Gasteiger partial charge in [-0.2, -0.15) is 4.68 Å². The molecule has 0 bridgehead atoms. The Labute approximate surface area is 176 Å². The second-order valence-corrected chi connectivity index (χ2v) is 7.95. The Balaban J connectivity index is 1.52. The minimum Gasteiger partial charge on any atom is -0.325 e. The number of amides is 1. The van der Waals surface area contributed by atoms with Crippen molar-refractivity contribution in [3.05, 3.63) is 64.9 Å². The van der Waals surface area contributed by atoms with E-state index in [0.717, 1.165) is 22.5 Å². The van der Waals surface area contributed by atoms with Gasteiger partial charge in [0.25, 0.3) is 0 Å². The van der Waals surface area contributed by atoms with E-state index in [1.807, 2.05) is 38.1 Å². The van der Waals surface area contributed by atoms with Crippen LogP contribution in [0.15, 0.2) is 53.8 Å². The highest BCUT2D eigenvalue weighted by atomic mass is 35.5. The van der Waals surface area contributed by atoms with Gasteiger partial charge >= 0.3 is 0 Å². The fraction of sp³-hybridized carbons (Fsp3) is 0.150. The molecule has 0 saturated heterocycles. The second-order valence-electron chi connectivity index (χ2n) is 6.55. The molecule has 1 amide bonds. The molecule has 0 aliphatic carbocycles. The smallest absolute Gasteiger partial charge is 0.234 e. The van der Waals surface area contributed by atoms with Crippen LogP contribution in [0.1, 0.15) is 11.1 Å². The molecule has 146 valence electrons. The SMILES string of the molecule is Cc1cc(C)cc(NC(=O)CSc2ncnc3c2nnn3-c2cccc(Cl)c2)c1. The van der Waals surface area contributed by atoms with Crippen LogP contribution in [-0.4, -0.2) is 36.6 Å². The third-order valence-corrected chi connectivity index (χ3v) is 5.32. The van der Waals surface area contributed by atoms with E-state index in [1.165, 1.54) is 18.1 Å². The number of anilines is 1. The first-order valence-electron chi connectivity index (χ1n) is 8.83. The maximum Gasteiger partial charge on any atom is 0.234 e. The molecule has 2 aromatic heterocycles. The van der Waals surface area contributed by atoms with Gasteiger partial charge in [0.1, 0.15) is 11.4 Å². The maximum atomic E-state index is 12.4. The molecule has 4 rings (SSSR count). The van der Waals surface area contributed by atoms with Crippen LogP contribution < -0.4 is 5.32 Å². The maximum absolute atomic E-state index is 12.4. The zero-order valence-corrected chi connectivity index (χ0v) is 17.3. The minimum absolute atomic E-state index is 0.117.